The highest BCUT2D eigenvalue weighted by molar-refractivity contribution is 6.30. The first-order valence-electron chi connectivity index (χ1n) is 9.45. The van der Waals surface area contributed by atoms with Crippen LogP contribution in [-0.4, -0.2) is 36.8 Å². The number of carbonyl (C=O) groups is 1. The smallest absolute Gasteiger partial charge is 0.254 e. The zero-order chi connectivity index (χ0) is 20.4. The molecule has 0 saturated heterocycles. The second kappa shape index (κ2) is 8.05. The van der Waals surface area contributed by atoms with Gasteiger partial charge in [-0.1, -0.05) is 37.6 Å². The lowest BCUT2D eigenvalue weighted by molar-refractivity contribution is 0.0952. The molecular weight excluding hydrogens is 388 g/mol. The average molecular weight is 409 g/mol. The van der Waals surface area contributed by atoms with E-state index < -0.39 is 0 Å². The highest BCUT2D eigenvalue weighted by Gasteiger charge is 2.21. The molecular formula is C21H21ClN6O. The van der Waals surface area contributed by atoms with Crippen LogP contribution in [0.4, 0.5) is 0 Å². The Balaban J connectivity index is 1.51. The number of fused-ring (bicyclic) bond motifs is 1. The Morgan fingerprint density at radius 2 is 2.03 bits per heavy atom. The van der Waals surface area contributed by atoms with Crippen LogP contribution in [0.15, 0.2) is 54.9 Å². The molecule has 1 N–H and O–H groups in total. The number of hydrogen-bond donors (Lipinski definition) is 1. The molecule has 8 heteroatoms. The van der Waals surface area contributed by atoms with Crippen molar-refractivity contribution in [2.24, 2.45) is 0 Å². The second-order valence-corrected chi connectivity index (χ2v) is 7.48. The summed E-state index contributed by atoms with van der Waals surface area (Å²) in [4.78, 5) is 12.8. The molecule has 0 fully saturated rings. The molecule has 0 radical (unpaired) electrons. The van der Waals surface area contributed by atoms with Crippen molar-refractivity contribution in [1.29, 1.82) is 0 Å². The predicted octanol–water partition coefficient (Wildman–Crippen LogP) is 3.66. The Morgan fingerprint density at radius 3 is 2.83 bits per heavy atom. The Bertz CT molecular complexity index is 1160. The molecule has 29 heavy (non-hydrogen) atoms. The highest BCUT2D eigenvalue weighted by Crippen LogP contribution is 2.24. The lowest BCUT2D eigenvalue weighted by atomic mass is 10.0. The van der Waals surface area contributed by atoms with Crippen LogP contribution in [0.5, 0.6) is 0 Å². The maximum Gasteiger partial charge on any atom is 0.254 e. The topological polar surface area (TPSA) is 77.1 Å². The average Bonchev–Trinajstić information content (AvgIpc) is 3.33. The molecule has 4 rings (SSSR count). The first kappa shape index (κ1) is 19.1. The molecule has 1 aromatic carbocycles. The molecule has 0 spiro atoms. The lowest BCUT2D eigenvalue weighted by Gasteiger charge is -2.13. The van der Waals surface area contributed by atoms with Crippen LogP contribution < -0.4 is 5.32 Å². The van der Waals surface area contributed by atoms with Crippen LogP contribution in [0.2, 0.25) is 5.02 Å². The van der Waals surface area contributed by atoms with Gasteiger partial charge in [0.15, 0.2) is 5.65 Å². The molecule has 0 bridgehead atoms. The third-order valence-corrected chi connectivity index (χ3v) is 4.90. The third kappa shape index (κ3) is 3.86. The van der Waals surface area contributed by atoms with E-state index in [9.17, 15) is 4.79 Å². The molecule has 0 aliphatic carbocycles. The van der Waals surface area contributed by atoms with Crippen molar-refractivity contribution in [3.05, 3.63) is 77.0 Å². The summed E-state index contributed by atoms with van der Waals surface area (Å²) in [6, 6.07) is 13.2. The molecule has 0 aliphatic heterocycles. The summed E-state index contributed by atoms with van der Waals surface area (Å²) in [7, 11) is 0. The number of carbonyl (C=O) groups excluding carboxylic acids is 1. The van der Waals surface area contributed by atoms with Gasteiger partial charge in [-0.25, -0.2) is 4.68 Å². The number of aromatic nitrogens is 5. The Labute approximate surface area is 173 Å². The summed E-state index contributed by atoms with van der Waals surface area (Å²) in [5.74, 6) is 0.757. The molecule has 1 amide bonds. The van der Waals surface area contributed by atoms with Crippen LogP contribution in [0.1, 0.15) is 41.6 Å². The van der Waals surface area contributed by atoms with Crippen LogP contribution in [0, 0.1) is 0 Å². The molecule has 4 aromatic rings. The molecule has 148 valence electrons. The van der Waals surface area contributed by atoms with Crippen molar-refractivity contribution in [2.45, 2.75) is 26.2 Å². The monoisotopic (exact) mass is 408 g/mol. The Morgan fingerprint density at radius 1 is 1.17 bits per heavy atom. The van der Waals surface area contributed by atoms with Crippen LogP contribution in [0.3, 0.4) is 0 Å². The van der Waals surface area contributed by atoms with E-state index in [1.165, 1.54) is 0 Å². The van der Waals surface area contributed by atoms with Crippen molar-refractivity contribution in [3.63, 3.8) is 0 Å². The standard InChI is InChI=1S/C21H21ClN6O/c1-14(2)20-17(13-24-28(20)16-7-5-6-15(22)12-16)21(29)23-10-9-19-26-25-18-8-3-4-11-27(18)19/h3-8,11-14H,9-10H2,1-2H3,(H,23,29). The largest absolute Gasteiger partial charge is 0.351 e. The van der Waals surface area contributed by atoms with Gasteiger partial charge in [0.1, 0.15) is 5.82 Å². The molecule has 3 aromatic heterocycles. The van der Waals surface area contributed by atoms with Crippen molar-refractivity contribution in [2.75, 3.05) is 6.54 Å². The van der Waals surface area contributed by atoms with Gasteiger partial charge in [0.05, 0.1) is 23.1 Å². The van der Waals surface area contributed by atoms with E-state index in [1.54, 1.807) is 10.9 Å². The van der Waals surface area contributed by atoms with Gasteiger partial charge in [0.2, 0.25) is 0 Å². The van der Waals surface area contributed by atoms with Gasteiger partial charge in [-0.2, -0.15) is 5.10 Å². The molecule has 0 saturated carbocycles. The zero-order valence-electron chi connectivity index (χ0n) is 16.2. The third-order valence-electron chi connectivity index (χ3n) is 4.67. The van der Waals surface area contributed by atoms with Gasteiger partial charge in [0, 0.05) is 24.2 Å². The first-order chi connectivity index (χ1) is 14.0. The molecule has 3 heterocycles. The SMILES string of the molecule is CC(C)c1c(C(=O)NCCc2nnc3ccccn23)cnn1-c1cccc(Cl)c1. The fraction of sp³-hybridized carbons (Fsp3) is 0.238. The second-order valence-electron chi connectivity index (χ2n) is 7.04. The Hall–Kier alpha value is -3.19. The fourth-order valence-corrected chi connectivity index (χ4v) is 3.53. The van der Waals surface area contributed by atoms with Gasteiger partial charge in [-0.05, 0) is 36.2 Å². The molecule has 0 atom stereocenters. The lowest BCUT2D eigenvalue weighted by Crippen LogP contribution is -2.27. The van der Waals surface area contributed by atoms with Crippen molar-refractivity contribution < 1.29 is 4.79 Å². The fourth-order valence-electron chi connectivity index (χ4n) is 3.35. The van der Waals surface area contributed by atoms with E-state index >= 15 is 0 Å². The minimum absolute atomic E-state index is 0.109. The van der Waals surface area contributed by atoms with Gasteiger partial charge in [0.25, 0.3) is 5.91 Å². The normalized spacial score (nSPS) is 11.3. The van der Waals surface area contributed by atoms with Gasteiger partial charge in [-0.15, -0.1) is 10.2 Å². The predicted molar refractivity (Wildman–Crippen MR) is 112 cm³/mol. The summed E-state index contributed by atoms with van der Waals surface area (Å²) in [6.45, 7) is 4.53. The van der Waals surface area contributed by atoms with Crippen molar-refractivity contribution in [1.82, 2.24) is 29.7 Å². The van der Waals surface area contributed by atoms with E-state index in [1.807, 2.05) is 66.9 Å². The maximum atomic E-state index is 12.8. The number of benzene rings is 1. The number of pyridine rings is 1. The van der Waals surface area contributed by atoms with E-state index in [2.05, 4.69) is 20.6 Å². The highest BCUT2D eigenvalue weighted by atomic mass is 35.5. The number of nitrogens with zero attached hydrogens (tertiary/aromatic N) is 5. The van der Waals surface area contributed by atoms with Crippen LogP contribution in [0.25, 0.3) is 11.3 Å². The molecule has 0 unspecified atom stereocenters. The minimum Gasteiger partial charge on any atom is -0.351 e. The van der Waals surface area contributed by atoms with Gasteiger partial charge < -0.3 is 5.32 Å². The Kier molecular flexibility index (Phi) is 5.31. The van der Waals surface area contributed by atoms with Crippen molar-refractivity contribution >= 4 is 23.2 Å². The van der Waals surface area contributed by atoms with E-state index in [0.29, 0.717) is 23.6 Å². The number of hydrogen-bond acceptors (Lipinski definition) is 4. The van der Waals surface area contributed by atoms with Gasteiger partial charge in [-0.3, -0.25) is 9.20 Å². The van der Waals surface area contributed by atoms with E-state index in [4.69, 9.17) is 11.6 Å². The quantitative estimate of drug-likeness (QED) is 0.528. The zero-order valence-corrected chi connectivity index (χ0v) is 17.0. The summed E-state index contributed by atoms with van der Waals surface area (Å²) in [6.07, 6.45) is 4.10. The summed E-state index contributed by atoms with van der Waals surface area (Å²) >= 11 is 6.12. The minimum atomic E-state index is -0.157. The summed E-state index contributed by atoms with van der Waals surface area (Å²) in [5.41, 5.74) is 3.03. The first-order valence-corrected chi connectivity index (χ1v) is 9.83. The molecule has 7 nitrogen and oxygen atoms in total. The number of nitrogens with one attached hydrogen (secondary N) is 1. The maximum absolute atomic E-state index is 12.8. The summed E-state index contributed by atoms with van der Waals surface area (Å²) in [5, 5.41) is 16.4. The van der Waals surface area contributed by atoms with E-state index in [0.717, 1.165) is 22.9 Å². The van der Waals surface area contributed by atoms with Crippen molar-refractivity contribution in [3.8, 4) is 5.69 Å². The number of amides is 1. The van der Waals surface area contributed by atoms with Crippen LogP contribution in [-0.2, 0) is 6.42 Å². The summed E-state index contributed by atoms with van der Waals surface area (Å²) < 4.78 is 3.69. The van der Waals surface area contributed by atoms with Gasteiger partial charge >= 0.3 is 0 Å². The number of halogens is 1. The number of rotatable bonds is 6. The van der Waals surface area contributed by atoms with E-state index in [-0.39, 0.29) is 11.8 Å². The van der Waals surface area contributed by atoms with Crippen LogP contribution >= 0.6 is 11.6 Å². The molecule has 0 aliphatic rings.